The molecular formula is C110H71BN4. The largest absolute Gasteiger partial charge is 0.310 e. The number of benzene rings is 20. The van der Waals surface area contributed by atoms with Gasteiger partial charge in [-0.15, -0.1) is 0 Å². The molecule has 0 bridgehead atoms. The van der Waals surface area contributed by atoms with Crippen molar-refractivity contribution in [3.63, 3.8) is 0 Å². The van der Waals surface area contributed by atoms with Gasteiger partial charge in [0, 0.05) is 72.8 Å². The molecule has 1 aromatic heterocycles. The molecule has 5 heteroatoms. The Morgan fingerprint density at radius 3 is 1.07 bits per heavy atom. The van der Waals surface area contributed by atoms with Crippen LogP contribution in [0.4, 0.5) is 51.2 Å². The van der Waals surface area contributed by atoms with E-state index >= 15 is 0 Å². The van der Waals surface area contributed by atoms with Crippen molar-refractivity contribution in [2.24, 2.45) is 0 Å². The Morgan fingerprint density at radius 2 is 0.591 bits per heavy atom. The van der Waals surface area contributed by atoms with Gasteiger partial charge in [0.25, 0.3) is 6.71 Å². The molecule has 534 valence electrons. The number of anilines is 9. The van der Waals surface area contributed by atoms with Crippen LogP contribution in [0.2, 0.25) is 0 Å². The lowest BCUT2D eigenvalue weighted by Gasteiger charge is -2.46. The van der Waals surface area contributed by atoms with Crippen LogP contribution in [-0.2, 0) is 0 Å². The summed E-state index contributed by atoms with van der Waals surface area (Å²) >= 11 is 0. The number of hydrogen-bond acceptors (Lipinski definition) is 3. The van der Waals surface area contributed by atoms with Crippen molar-refractivity contribution in [2.45, 2.75) is 0 Å². The zero-order valence-corrected chi connectivity index (χ0v) is 62.9. The lowest BCUT2D eigenvalue weighted by atomic mass is 9.33. The molecule has 4 nitrogen and oxygen atoms in total. The Kier molecular flexibility index (Phi) is 15.4. The highest BCUT2D eigenvalue weighted by atomic mass is 15.2. The smallest absolute Gasteiger partial charge is 0.252 e. The van der Waals surface area contributed by atoms with Crippen molar-refractivity contribution in [3.05, 3.63) is 431 Å². The molecule has 0 amide bonds. The van der Waals surface area contributed by atoms with Gasteiger partial charge in [-0.2, -0.15) is 0 Å². The van der Waals surface area contributed by atoms with E-state index in [0.717, 1.165) is 146 Å². The maximum absolute atomic E-state index is 2.70. The number of hydrogen-bond donors (Lipinski definition) is 0. The summed E-state index contributed by atoms with van der Waals surface area (Å²) in [4.78, 5) is 7.89. The molecule has 0 aliphatic carbocycles. The highest BCUT2D eigenvalue weighted by Gasteiger charge is 2.46. The van der Waals surface area contributed by atoms with E-state index in [1.54, 1.807) is 0 Å². The van der Waals surface area contributed by atoms with E-state index < -0.39 is 0 Å². The zero-order valence-electron chi connectivity index (χ0n) is 62.9. The molecule has 0 N–H and O–H groups in total. The molecule has 21 aromatic rings. The third-order valence-corrected chi connectivity index (χ3v) is 24.3. The van der Waals surface area contributed by atoms with Crippen molar-refractivity contribution in [3.8, 4) is 83.6 Å². The lowest BCUT2D eigenvalue weighted by molar-refractivity contribution is 1.17. The van der Waals surface area contributed by atoms with Crippen LogP contribution in [0.1, 0.15) is 0 Å². The summed E-state index contributed by atoms with van der Waals surface area (Å²) in [6, 6.07) is 161. The lowest BCUT2D eigenvalue weighted by Crippen LogP contribution is -2.61. The Labute approximate surface area is 668 Å². The van der Waals surface area contributed by atoms with Crippen LogP contribution in [0.25, 0.3) is 148 Å². The summed E-state index contributed by atoms with van der Waals surface area (Å²) in [5, 5.41) is 12.6. The third kappa shape index (κ3) is 10.7. The molecule has 0 saturated heterocycles. The molecule has 0 spiro atoms. The number of aromatic nitrogens is 1. The highest BCUT2D eigenvalue weighted by Crippen LogP contribution is 2.56. The first-order chi connectivity index (χ1) is 57.1. The number of nitrogens with zero attached hydrogens (tertiary/aromatic N) is 4. The summed E-state index contributed by atoms with van der Waals surface area (Å²) in [6.07, 6.45) is 0. The van der Waals surface area contributed by atoms with Crippen LogP contribution in [0.3, 0.4) is 0 Å². The second-order valence-electron chi connectivity index (χ2n) is 30.6. The van der Waals surface area contributed by atoms with Crippen LogP contribution < -0.4 is 31.1 Å². The summed E-state index contributed by atoms with van der Waals surface area (Å²) in [5.41, 5.74) is 32.3. The van der Waals surface area contributed by atoms with Gasteiger partial charge in [0.1, 0.15) is 0 Å². The summed E-state index contributed by atoms with van der Waals surface area (Å²) in [5.74, 6) is 0. The molecule has 23 rings (SSSR count). The average molecular weight is 1460 g/mol. The molecule has 2 aliphatic rings. The maximum Gasteiger partial charge on any atom is 0.252 e. The van der Waals surface area contributed by atoms with E-state index in [0.29, 0.717) is 0 Å². The van der Waals surface area contributed by atoms with Gasteiger partial charge < -0.3 is 19.3 Å². The second-order valence-corrected chi connectivity index (χ2v) is 30.6. The minimum absolute atomic E-state index is 0.341. The average Bonchev–Trinajstić information content (AvgIpc) is 0.759. The van der Waals surface area contributed by atoms with Gasteiger partial charge in [-0.1, -0.05) is 352 Å². The van der Waals surface area contributed by atoms with E-state index in [1.807, 2.05) is 0 Å². The highest BCUT2D eigenvalue weighted by molar-refractivity contribution is 7.00. The van der Waals surface area contributed by atoms with E-state index in [9.17, 15) is 0 Å². The summed E-state index contributed by atoms with van der Waals surface area (Å²) in [6.45, 7) is -0.341. The first-order valence-corrected chi connectivity index (χ1v) is 39.8. The van der Waals surface area contributed by atoms with Gasteiger partial charge in [0.15, 0.2) is 0 Å². The normalized spacial score (nSPS) is 12.3. The van der Waals surface area contributed by atoms with Crippen molar-refractivity contribution < 1.29 is 0 Å². The molecule has 115 heavy (non-hydrogen) atoms. The zero-order chi connectivity index (χ0) is 75.6. The van der Waals surface area contributed by atoms with E-state index in [-0.39, 0.29) is 6.71 Å². The molecule has 0 radical (unpaired) electrons. The molecule has 0 unspecified atom stereocenters. The summed E-state index contributed by atoms with van der Waals surface area (Å²) < 4.78 is 2.50. The molecule has 20 aromatic carbocycles. The fourth-order valence-corrected chi connectivity index (χ4v) is 19.2. The molecule has 2 aliphatic heterocycles. The fraction of sp³-hybridized carbons (Fsp3) is 0. The van der Waals surface area contributed by atoms with E-state index in [1.165, 1.54) is 70.3 Å². The van der Waals surface area contributed by atoms with Gasteiger partial charge in [-0.3, -0.25) is 0 Å². The van der Waals surface area contributed by atoms with Gasteiger partial charge in [-0.05, 0) is 194 Å². The minimum Gasteiger partial charge on any atom is -0.310 e. The molecule has 0 atom stereocenters. The Bertz CT molecular complexity index is 7120. The standard InChI is InChI=1S/C110H71BN4/c1-7-28-72(29-8-1)74-54-59-84(60-55-74)112(85-61-56-75(57-62-85)73-30-9-2-10-31-73)87-70-104-108-105(71-87)115(110-90(78-36-15-5-16-37-78)47-27-48-91(110)79-38-17-6-18-39-79)103-69-86(113-100-52-21-19-43-92(100)93-44-20-22-53-101(93)113)63-64-98(103)111(108)99-68-81(83-66-82-42-25-50-95-94-49-23-40-80-41-24-51-96(106(80)94)97(67-83)107(82)95)58-65-102(99)114(104)109-88(76-32-11-3-12-33-76)45-26-46-89(109)77-34-13-4-14-35-77/h1-71H. The first kappa shape index (κ1) is 65.8. The SMILES string of the molecule is c1ccc(-c2ccc(N(c3ccc(-c4ccccc4)cc3)c3cc4c5c(c3)N(c3c(-c6ccccc6)cccc3-c3ccccc3)c3cc(-n6c7ccccc7c7ccccc76)ccc3B5c3cc(-c5cc6cccc7c8cccc9cccc(c(c5)c67)c98)ccc3N4c3c(-c4ccccc4)cccc3-c3ccccc3)cc2)cc1. The van der Waals surface area contributed by atoms with Crippen molar-refractivity contribution in [1.82, 2.24) is 4.57 Å². The molecule has 0 fully saturated rings. The van der Waals surface area contributed by atoms with Crippen LogP contribution in [0.15, 0.2) is 431 Å². The van der Waals surface area contributed by atoms with Gasteiger partial charge in [-0.25, -0.2) is 0 Å². The van der Waals surface area contributed by atoms with Gasteiger partial charge in [0.05, 0.1) is 28.1 Å². The Hall–Kier alpha value is -15.0. The third-order valence-electron chi connectivity index (χ3n) is 24.3. The number of para-hydroxylation sites is 4. The van der Waals surface area contributed by atoms with Crippen molar-refractivity contribution in [1.29, 1.82) is 0 Å². The Morgan fingerprint density at radius 1 is 0.209 bits per heavy atom. The van der Waals surface area contributed by atoms with Crippen LogP contribution >= 0.6 is 0 Å². The van der Waals surface area contributed by atoms with Gasteiger partial charge >= 0.3 is 0 Å². The molecular weight excluding hydrogens is 1390 g/mol. The molecule has 0 saturated carbocycles. The Balaban J connectivity index is 0.886. The van der Waals surface area contributed by atoms with Crippen molar-refractivity contribution >= 4 is 139 Å². The first-order valence-electron chi connectivity index (χ1n) is 39.8. The van der Waals surface area contributed by atoms with E-state index in [4.69, 9.17) is 0 Å². The molecule has 3 heterocycles. The quantitative estimate of drug-likeness (QED) is 0.0650. The number of rotatable bonds is 13. The topological polar surface area (TPSA) is 14.7 Å². The van der Waals surface area contributed by atoms with Crippen LogP contribution in [-0.4, -0.2) is 11.3 Å². The monoisotopic (exact) mass is 1460 g/mol. The second kappa shape index (κ2) is 26.9. The number of fused-ring (bicyclic) bond motifs is 9. The summed E-state index contributed by atoms with van der Waals surface area (Å²) in [7, 11) is 0. The predicted molar refractivity (Wildman–Crippen MR) is 489 cm³/mol. The fourth-order valence-electron chi connectivity index (χ4n) is 19.2. The van der Waals surface area contributed by atoms with Crippen molar-refractivity contribution in [2.75, 3.05) is 14.7 Å². The minimum atomic E-state index is -0.341. The predicted octanol–water partition coefficient (Wildman–Crippen LogP) is 28.1. The van der Waals surface area contributed by atoms with E-state index in [2.05, 4.69) is 450 Å². The van der Waals surface area contributed by atoms with Crippen LogP contribution in [0, 0.1) is 0 Å². The van der Waals surface area contributed by atoms with Crippen LogP contribution in [0.5, 0.6) is 0 Å². The van der Waals surface area contributed by atoms with Gasteiger partial charge in [0.2, 0.25) is 0 Å². The maximum atomic E-state index is 2.70.